The van der Waals surface area contributed by atoms with Crippen LogP contribution in [0.4, 0.5) is 0 Å². The minimum atomic E-state index is -0.383. The number of ether oxygens (including phenoxy) is 1. The van der Waals surface area contributed by atoms with Gasteiger partial charge in [-0.25, -0.2) is 4.79 Å². The second-order valence-electron chi connectivity index (χ2n) is 4.02. The first kappa shape index (κ1) is 11.4. The highest BCUT2D eigenvalue weighted by Crippen LogP contribution is 2.18. The van der Waals surface area contributed by atoms with Crippen LogP contribution in [0.1, 0.15) is 10.4 Å². The summed E-state index contributed by atoms with van der Waals surface area (Å²) in [6.07, 6.45) is 1.77. The van der Waals surface area contributed by atoms with Crippen LogP contribution >= 0.6 is 0 Å². The average Bonchev–Trinajstić information content (AvgIpc) is 2.90. The van der Waals surface area contributed by atoms with Gasteiger partial charge in [0.2, 0.25) is 0 Å². The van der Waals surface area contributed by atoms with E-state index in [1.165, 1.54) is 7.11 Å². The number of fused-ring (bicyclic) bond motifs is 1. The number of nitrogens with zero attached hydrogens (tertiary/aromatic N) is 3. The highest BCUT2D eigenvalue weighted by molar-refractivity contribution is 5.90. The van der Waals surface area contributed by atoms with Crippen LogP contribution in [0.3, 0.4) is 0 Å². The van der Waals surface area contributed by atoms with Gasteiger partial charge in [-0.2, -0.15) is 0 Å². The number of rotatable bonds is 2. The quantitative estimate of drug-likeness (QED) is 0.657. The second kappa shape index (κ2) is 4.53. The summed E-state index contributed by atoms with van der Waals surface area (Å²) in [4.78, 5) is 11.5. The zero-order chi connectivity index (χ0) is 13.2. The average molecular weight is 253 g/mol. The van der Waals surface area contributed by atoms with Gasteiger partial charge >= 0.3 is 5.97 Å². The first-order valence-electron chi connectivity index (χ1n) is 5.78. The molecule has 3 aromatic rings. The van der Waals surface area contributed by atoms with E-state index in [0.29, 0.717) is 11.2 Å². The molecule has 19 heavy (non-hydrogen) atoms. The molecule has 0 saturated heterocycles. The van der Waals surface area contributed by atoms with Gasteiger partial charge in [0.15, 0.2) is 11.5 Å². The summed E-state index contributed by atoms with van der Waals surface area (Å²) in [5, 5.41) is 8.23. The lowest BCUT2D eigenvalue weighted by Gasteiger charge is -2.01. The molecule has 94 valence electrons. The van der Waals surface area contributed by atoms with E-state index < -0.39 is 0 Å². The highest BCUT2D eigenvalue weighted by Gasteiger charge is 2.11. The van der Waals surface area contributed by atoms with Crippen LogP contribution in [-0.2, 0) is 4.74 Å². The first-order chi connectivity index (χ1) is 9.29. The van der Waals surface area contributed by atoms with Crippen LogP contribution in [0.25, 0.3) is 17.0 Å². The Morgan fingerprint density at radius 3 is 2.68 bits per heavy atom. The molecule has 5 heteroatoms. The number of esters is 1. The Kier molecular flexibility index (Phi) is 2.72. The Hall–Kier alpha value is -2.69. The van der Waals surface area contributed by atoms with E-state index in [0.717, 1.165) is 11.4 Å². The molecule has 5 nitrogen and oxygen atoms in total. The molecule has 2 aromatic heterocycles. The summed E-state index contributed by atoms with van der Waals surface area (Å²) in [5.41, 5.74) is 2.05. The predicted octanol–water partition coefficient (Wildman–Crippen LogP) is 2.18. The Bertz CT molecular complexity index is 735. The predicted molar refractivity (Wildman–Crippen MR) is 69.8 cm³/mol. The maximum atomic E-state index is 11.5. The smallest absolute Gasteiger partial charge is 0.338 e. The molecule has 0 fully saturated rings. The number of pyridine rings is 1. The van der Waals surface area contributed by atoms with Gasteiger partial charge in [0.05, 0.1) is 12.7 Å². The lowest BCUT2D eigenvalue weighted by Crippen LogP contribution is -2.02. The summed E-state index contributed by atoms with van der Waals surface area (Å²) in [6, 6.07) is 13.1. The molecule has 0 aliphatic carbocycles. The fourth-order valence-electron chi connectivity index (χ4n) is 1.92. The van der Waals surface area contributed by atoms with Crippen molar-refractivity contribution in [2.75, 3.05) is 7.11 Å². The van der Waals surface area contributed by atoms with Gasteiger partial charge in [-0.05, 0) is 12.1 Å². The minimum absolute atomic E-state index is 0.383. The largest absolute Gasteiger partial charge is 0.465 e. The molecule has 3 rings (SSSR count). The van der Waals surface area contributed by atoms with Crippen molar-refractivity contribution in [3.05, 3.63) is 54.2 Å². The van der Waals surface area contributed by atoms with Crippen molar-refractivity contribution in [3.8, 4) is 11.4 Å². The lowest BCUT2D eigenvalue weighted by molar-refractivity contribution is 0.0600. The summed E-state index contributed by atoms with van der Waals surface area (Å²) >= 11 is 0. The molecular formula is C14H11N3O2. The van der Waals surface area contributed by atoms with Crippen LogP contribution in [0.15, 0.2) is 48.7 Å². The monoisotopic (exact) mass is 253 g/mol. The molecule has 0 aliphatic heterocycles. The molecular weight excluding hydrogens is 242 g/mol. The van der Waals surface area contributed by atoms with Crippen LogP contribution in [0.2, 0.25) is 0 Å². The maximum Gasteiger partial charge on any atom is 0.338 e. The van der Waals surface area contributed by atoms with Gasteiger partial charge in [-0.3, -0.25) is 4.40 Å². The van der Waals surface area contributed by atoms with Crippen molar-refractivity contribution >= 4 is 11.6 Å². The molecule has 0 N–H and O–H groups in total. The molecule has 0 atom stereocenters. The van der Waals surface area contributed by atoms with Crippen molar-refractivity contribution in [3.63, 3.8) is 0 Å². The fourth-order valence-corrected chi connectivity index (χ4v) is 1.92. The van der Waals surface area contributed by atoms with Gasteiger partial charge in [0.1, 0.15) is 0 Å². The van der Waals surface area contributed by atoms with Gasteiger partial charge in [-0.15, -0.1) is 10.2 Å². The van der Waals surface area contributed by atoms with Crippen molar-refractivity contribution < 1.29 is 9.53 Å². The van der Waals surface area contributed by atoms with E-state index in [9.17, 15) is 4.79 Å². The Labute approximate surface area is 109 Å². The molecule has 2 heterocycles. The minimum Gasteiger partial charge on any atom is -0.465 e. The molecule has 0 spiro atoms. The molecule has 0 saturated carbocycles. The van der Waals surface area contributed by atoms with E-state index in [2.05, 4.69) is 14.9 Å². The number of aromatic nitrogens is 3. The zero-order valence-corrected chi connectivity index (χ0v) is 10.3. The standard InChI is InChI=1S/C14H11N3O2/c1-19-14(18)11-7-8-17-12(9-11)15-16-13(17)10-5-3-2-4-6-10/h2-9H,1H3. The molecule has 0 unspecified atom stereocenters. The van der Waals surface area contributed by atoms with E-state index >= 15 is 0 Å². The highest BCUT2D eigenvalue weighted by atomic mass is 16.5. The lowest BCUT2D eigenvalue weighted by atomic mass is 10.2. The number of carbonyl (C=O) groups is 1. The Morgan fingerprint density at radius 2 is 1.95 bits per heavy atom. The maximum absolute atomic E-state index is 11.5. The number of benzene rings is 1. The normalized spacial score (nSPS) is 10.6. The van der Waals surface area contributed by atoms with Gasteiger partial charge in [-0.1, -0.05) is 30.3 Å². The molecule has 0 radical (unpaired) electrons. The third-order valence-corrected chi connectivity index (χ3v) is 2.86. The van der Waals surface area contributed by atoms with Crippen molar-refractivity contribution in [1.29, 1.82) is 0 Å². The fraction of sp³-hybridized carbons (Fsp3) is 0.0714. The van der Waals surface area contributed by atoms with Crippen molar-refractivity contribution in [2.45, 2.75) is 0 Å². The number of methoxy groups -OCH3 is 1. The first-order valence-corrected chi connectivity index (χ1v) is 5.78. The molecule has 0 aliphatic rings. The van der Waals surface area contributed by atoms with E-state index in [-0.39, 0.29) is 5.97 Å². The van der Waals surface area contributed by atoms with E-state index in [1.54, 1.807) is 18.3 Å². The van der Waals surface area contributed by atoms with Crippen molar-refractivity contribution in [2.24, 2.45) is 0 Å². The third-order valence-electron chi connectivity index (χ3n) is 2.86. The van der Waals surface area contributed by atoms with Crippen LogP contribution in [0.5, 0.6) is 0 Å². The third kappa shape index (κ3) is 1.95. The zero-order valence-electron chi connectivity index (χ0n) is 10.3. The second-order valence-corrected chi connectivity index (χ2v) is 4.02. The van der Waals surface area contributed by atoms with E-state index in [4.69, 9.17) is 0 Å². The SMILES string of the molecule is COC(=O)c1ccn2c(-c3ccccc3)nnc2c1. The summed E-state index contributed by atoms with van der Waals surface area (Å²) in [7, 11) is 1.35. The van der Waals surface area contributed by atoms with E-state index in [1.807, 2.05) is 34.7 Å². The summed E-state index contributed by atoms with van der Waals surface area (Å²) in [5.74, 6) is 0.360. The molecule has 0 amide bonds. The molecule has 0 bridgehead atoms. The van der Waals surface area contributed by atoms with Crippen LogP contribution in [0, 0.1) is 0 Å². The Balaban J connectivity index is 2.13. The van der Waals surface area contributed by atoms with Gasteiger partial charge in [0, 0.05) is 11.8 Å². The number of hydrogen-bond acceptors (Lipinski definition) is 4. The van der Waals surface area contributed by atoms with Crippen LogP contribution in [-0.4, -0.2) is 27.7 Å². The number of hydrogen-bond donors (Lipinski definition) is 0. The Morgan fingerprint density at radius 1 is 1.16 bits per heavy atom. The van der Waals surface area contributed by atoms with Gasteiger partial charge < -0.3 is 4.74 Å². The molecule has 1 aromatic carbocycles. The summed E-state index contributed by atoms with van der Waals surface area (Å²) < 4.78 is 6.52. The van der Waals surface area contributed by atoms with Crippen LogP contribution < -0.4 is 0 Å². The summed E-state index contributed by atoms with van der Waals surface area (Å²) in [6.45, 7) is 0. The topological polar surface area (TPSA) is 56.5 Å². The number of carbonyl (C=O) groups excluding carboxylic acids is 1. The van der Waals surface area contributed by atoms with Gasteiger partial charge in [0.25, 0.3) is 0 Å². The van der Waals surface area contributed by atoms with Crippen molar-refractivity contribution in [1.82, 2.24) is 14.6 Å².